The molecule has 3 fully saturated rings. The zero-order chi connectivity index (χ0) is 17.2. The Morgan fingerprint density at radius 3 is 2.68 bits per heavy atom. The van der Waals surface area contributed by atoms with Gasteiger partial charge in [0.15, 0.2) is 5.96 Å². The lowest BCUT2D eigenvalue weighted by molar-refractivity contribution is -0.195. The lowest BCUT2D eigenvalue weighted by Gasteiger charge is -2.34. The third-order valence-corrected chi connectivity index (χ3v) is 5.99. The Morgan fingerprint density at radius 2 is 2.04 bits per heavy atom. The molecule has 1 aliphatic carbocycles. The molecule has 3 atom stereocenters. The highest BCUT2D eigenvalue weighted by Gasteiger charge is 2.46. The third kappa shape index (κ3) is 4.93. The monoisotopic (exact) mass is 475 g/mol. The molecule has 3 rings (SSSR count). The summed E-state index contributed by atoms with van der Waals surface area (Å²) in [6.07, 6.45) is 0.535. The maximum absolute atomic E-state index is 13.2. The molecular formula is C17H29F3IN3O. The van der Waals surface area contributed by atoms with E-state index >= 15 is 0 Å². The van der Waals surface area contributed by atoms with Crippen LogP contribution >= 0.6 is 24.0 Å². The first-order valence-corrected chi connectivity index (χ1v) is 9.04. The van der Waals surface area contributed by atoms with Crippen molar-refractivity contribution in [2.75, 3.05) is 39.9 Å². The minimum absolute atomic E-state index is 0. The molecule has 4 nitrogen and oxygen atoms in total. The largest absolute Gasteiger partial charge is 0.392 e. The summed E-state index contributed by atoms with van der Waals surface area (Å²) in [5.74, 6) is -0.780. The summed E-state index contributed by atoms with van der Waals surface area (Å²) in [5.41, 5.74) is 0.219. The second-order valence-electron chi connectivity index (χ2n) is 7.59. The van der Waals surface area contributed by atoms with Crippen molar-refractivity contribution >= 4 is 29.9 Å². The van der Waals surface area contributed by atoms with Gasteiger partial charge in [-0.2, -0.15) is 13.2 Å². The van der Waals surface area contributed by atoms with Crippen LogP contribution in [0.4, 0.5) is 13.2 Å². The molecule has 0 aromatic heterocycles. The van der Waals surface area contributed by atoms with Gasteiger partial charge in [0.1, 0.15) is 0 Å². The van der Waals surface area contributed by atoms with E-state index in [0.717, 1.165) is 51.5 Å². The average molecular weight is 475 g/mol. The summed E-state index contributed by atoms with van der Waals surface area (Å²) in [6.45, 7) is 3.75. The van der Waals surface area contributed by atoms with Crippen LogP contribution in [-0.4, -0.2) is 56.9 Å². The van der Waals surface area contributed by atoms with E-state index in [0.29, 0.717) is 19.4 Å². The number of aliphatic imine (C=N–C) groups is 1. The van der Waals surface area contributed by atoms with Crippen LogP contribution in [0.3, 0.4) is 0 Å². The quantitative estimate of drug-likeness (QED) is 0.377. The van der Waals surface area contributed by atoms with Gasteiger partial charge in [-0.3, -0.25) is 4.99 Å². The first-order valence-electron chi connectivity index (χ1n) is 9.04. The first-order chi connectivity index (χ1) is 11.4. The van der Waals surface area contributed by atoms with E-state index in [-0.39, 0.29) is 41.7 Å². The van der Waals surface area contributed by atoms with Crippen molar-refractivity contribution in [3.63, 3.8) is 0 Å². The summed E-state index contributed by atoms with van der Waals surface area (Å²) in [5, 5.41) is 3.22. The molecule has 25 heavy (non-hydrogen) atoms. The van der Waals surface area contributed by atoms with Crippen molar-refractivity contribution in [1.29, 1.82) is 0 Å². The summed E-state index contributed by atoms with van der Waals surface area (Å²) in [6, 6.07) is 0. The van der Waals surface area contributed by atoms with Crippen molar-refractivity contribution < 1.29 is 17.9 Å². The Balaban J connectivity index is 0.00000225. The van der Waals surface area contributed by atoms with Crippen molar-refractivity contribution in [2.24, 2.45) is 22.2 Å². The molecule has 146 valence electrons. The van der Waals surface area contributed by atoms with Gasteiger partial charge in [-0.1, -0.05) is 12.8 Å². The van der Waals surface area contributed by atoms with Gasteiger partial charge < -0.3 is 15.0 Å². The van der Waals surface area contributed by atoms with Crippen LogP contribution in [0.2, 0.25) is 0 Å². The van der Waals surface area contributed by atoms with Gasteiger partial charge in [0.2, 0.25) is 0 Å². The van der Waals surface area contributed by atoms with Gasteiger partial charge in [0, 0.05) is 38.7 Å². The first kappa shape index (κ1) is 21.1. The molecular weight excluding hydrogens is 446 g/mol. The van der Waals surface area contributed by atoms with Crippen LogP contribution in [0.25, 0.3) is 0 Å². The topological polar surface area (TPSA) is 36.9 Å². The molecule has 2 aliphatic heterocycles. The van der Waals surface area contributed by atoms with Gasteiger partial charge in [-0.25, -0.2) is 0 Å². The summed E-state index contributed by atoms with van der Waals surface area (Å²) >= 11 is 0. The Labute approximate surface area is 165 Å². The number of alkyl halides is 3. The fraction of sp³-hybridized carbons (Fsp3) is 0.941. The van der Waals surface area contributed by atoms with E-state index in [1.165, 1.54) is 0 Å². The zero-order valence-corrected chi connectivity index (χ0v) is 17.1. The van der Waals surface area contributed by atoms with Gasteiger partial charge in [0.25, 0.3) is 0 Å². The minimum Gasteiger partial charge on any atom is -0.381 e. The van der Waals surface area contributed by atoms with Gasteiger partial charge in [-0.15, -0.1) is 24.0 Å². The second-order valence-corrected chi connectivity index (χ2v) is 7.59. The van der Waals surface area contributed by atoms with Crippen LogP contribution in [0.15, 0.2) is 4.99 Å². The number of hydrogen-bond donors (Lipinski definition) is 1. The van der Waals surface area contributed by atoms with E-state index in [1.54, 1.807) is 7.05 Å². The molecule has 2 heterocycles. The number of rotatable bonds is 2. The van der Waals surface area contributed by atoms with E-state index < -0.39 is 12.1 Å². The van der Waals surface area contributed by atoms with Crippen LogP contribution in [-0.2, 0) is 4.74 Å². The lowest BCUT2D eigenvalue weighted by atomic mass is 9.79. The average Bonchev–Trinajstić information content (AvgIpc) is 3.18. The standard InChI is InChI=1S/C17H28F3N3O.HI/c1-21-15(23-8-6-16(11-23)7-9-24-12-16)22-10-13-4-2-3-5-14(13)17(18,19)20;/h13-14H,2-12H2,1H3,(H,21,22);1H. The van der Waals surface area contributed by atoms with Crippen LogP contribution in [0.5, 0.6) is 0 Å². The Kier molecular flexibility index (Phi) is 7.26. The van der Waals surface area contributed by atoms with Crippen molar-refractivity contribution in [1.82, 2.24) is 10.2 Å². The number of guanidine groups is 1. The van der Waals surface area contributed by atoms with Gasteiger partial charge in [-0.05, 0) is 31.6 Å². The molecule has 0 radical (unpaired) electrons. The summed E-state index contributed by atoms with van der Waals surface area (Å²) in [4.78, 5) is 6.49. The van der Waals surface area contributed by atoms with Crippen LogP contribution < -0.4 is 5.32 Å². The van der Waals surface area contributed by atoms with E-state index in [1.807, 2.05) is 0 Å². The fourth-order valence-electron chi connectivity index (χ4n) is 4.52. The van der Waals surface area contributed by atoms with Gasteiger partial charge >= 0.3 is 6.18 Å². The molecule has 0 amide bonds. The van der Waals surface area contributed by atoms with Crippen molar-refractivity contribution in [2.45, 2.75) is 44.7 Å². The lowest BCUT2D eigenvalue weighted by Crippen LogP contribution is -2.46. The van der Waals surface area contributed by atoms with E-state index in [9.17, 15) is 13.2 Å². The molecule has 0 aromatic carbocycles. The molecule has 0 bridgehead atoms. The molecule has 1 spiro atoms. The summed E-state index contributed by atoms with van der Waals surface area (Å²) in [7, 11) is 1.71. The highest BCUT2D eigenvalue weighted by atomic mass is 127. The maximum Gasteiger partial charge on any atom is 0.392 e. The Hall–Kier alpha value is -0.250. The van der Waals surface area contributed by atoms with E-state index in [2.05, 4.69) is 15.2 Å². The normalized spacial score (nSPS) is 33.6. The molecule has 0 aromatic rings. The smallest absolute Gasteiger partial charge is 0.381 e. The van der Waals surface area contributed by atoms with Gasteiger partial charge in [0.05, 0.1) is 12.5 Å². The highest BCUT2D eigenvalue weighted by Crippen LogP contribution is 2.41. The minimum atomic E-state index is -4.09. The second kappa shape index (κ2) is 8.63. The number of nitrogens with one attached hydrogen (secondary N) is 1. The number of ether oxygens (including phenoxy) is 1. The Morgan fingerprint density at radius 1 is 1.28 bits per heavy atom. The Bertz CT molecular complexity index is 467. The molecule has 1 N–H and O–H groups in total. The zero-order valence-electron chi connectivity index (χ0n) is 14.8. The summed E-state index contributed by atoms with van der Waals surface area (Å²) < 4.78 is 45.2. The fourth-order valence-corrected chi connectivity index (χ4v) is 4.52. The number of halogens is 4. The molecule has 3 unspecified atom stereocenters. The number of likely N-dealkylation sites (tertiary alicyclic amines) is 1. The van der Waals surface area contributed by atoms with Crippen molar-refractivity contribution in [3.8, 4) is 0 Å². The molecule has 1 saturated carbocycles. The van der Waals surface area contributed by atoms with E-state index in [4.69, 9.17) is 4.74 Å². The van der Waals surface area contributed by atoms with Crippen LogP contribution in [0, 0.1) is 17.3 Å². The predicted molar refractivity (Wildman–Crippen MR) is 102 cm³/mol. The molecule has 8 heteroatoms. The van der Waals surface area contributed by atoms with Crippen molar-refractivity contribution in [3.05, 3.63) is 0 Å². The SMILES string of the molecule is CN=C(NCC1CCCCC1C(F)(F)F)N1CCC2(CCOC2)C1.I. The van der Waals surface area contributed by atoms with Crippen LogP contribution in [0.1, 0.15) is 38.5 Å². The predicted octanol–water partition coefficient (Wildman–Crippen LogP) is 3.66. The molecule has 2 saturated heterocycles. The highest BCUT2D eigenvalue weighted by molar-refractivity contribution is 14.0. The third-order valence-electron chi connectivity index (χ3n) is 5.99. The maximum atomic E-state index is 13.2. The molecule has 3 aliphatic rings. The number of nitrogens with zero attached hydrogens (tertiary/aromatic N) is 2. The number of hydrogen-bond acceptors (Lipinski definition) is 2.